The molecule has 0 aliphatic carbocycles. The Labute approximate surface area is 83.2 Å². The second-order valence-electron chi connectivity index (χ2n) is 2.44. The van der Waals surface area contributed by atoms with Crippen molar-refractivity contribution < 1.29 is 9.18 Å². The molecule has 0 spiro atoms. The van der Waals surface area contributed by atoms with Crippen LogP contribution in [0.5, 0.6) is 0 Å². The molecule has 0 radical (unpaired) electrons. The maximum absolute atomic E-state index is 12.6. The second-order valence-corrected chi connectivity index (χ2v) is 3.30. The van der Waals surface area contributed by atoms with Gasteiger partial charge in [-0.15, -0.1) is 0 Å². The van der Waals surface area contributed by atoms with Crippen LogP contribution in [0.25, 0.3) is 0 Å². The van der Waals surface area contributed by atoms with E-state index in [2.05, 4.69) is 21.2 Å². The number of hydrogen-bond acceptors (Lipinski definition) is 2. The van der Waals surface area contributed by atoms with Crippen LogP contribution in [0.15, 0.2) is 22.7 Å². The highest BCUT2D eigenvalue weighted by molar-refractivity contribution is 9.10. The summed E-state index contributed by atoms with van der Waals surface area (Å²) in [6, 6.07) is 4.14. The van der Waals surface area contributed by atoms with Gasteiger partial charge in [-0.05, 0) is 34.1 Å². The maximum Gasteiger partial charge on any atom is 0.236 e. The van der Waals surface area contributed by atoms with Crippen molar-refractivity contribution in [1.29, 1.82) is 0 Å². The van der Waals surface area contributed by atoms with Crippen molar-refractivity contribution in [1.82, 2.24) is 0 Å². The molecule has 0 atom stereocenters. The molecule has 70 valence electrons. The Kier molecular flexibility index (Phi) is 3.25. The molecule has 0 heterocycles. The first-order valence-electron chi connectivity index (χ1n) is 3.57. The van der Waals surface area contributed by atoms with Crippen molar-refractivity contribution >= 4 is 27.5 Å². The van der Waals surface area contributed by atoms with Crippen molar-refractivity contribution in [3.05, 3.63) is 28.5 Å². The third kappa shape index (κ3) is 3.02. The number of primary amides is 1. The van der Waals surface area contributed by atoms with E-state index in [0.29, 0.717) is 10.2 Å². The average molecular weight is 247 g/mol. The van der Waals surface area contributed by atoms with Crippen molar-refractivity contribution in [2.24, 2.45) is 5.73 Å². The summed E-state index contributed by atoms with van der Waals surface area (Å²) in [5.41, 5.74) is 5.57. The molecule has 0 saturated heterocycles. The van der Waals surface area contributed by atoms with Gasteiger partial charge in [0.2, 0.25) is 5.91 Å². The Morgan fingerprint density at radius 3 is 2.85 bits per heavy atom. The molecule has 1 rings (SSSR count). The maximum atomic E-state index is 12.6. The fraction of sp³-hybridized carbons (Fsp3) is 0.125. The largest absolute Gasteiger partial charge is 0.375 e. The summed E-state index contributed by atoms with van der Waals surface area (Å²) in [4.78, 5) is 10.4. The van der Waals surface area contributed by atoms with E-state index in [0.717, 1.165) is 0 Å². The van der Waals surface area contributed by atoms with E-state index in [-0.39, 0.29) is 12.4 Å². The normalized spacial score (nSPS) is 9.69. The van der Waals surface area contributed by atoms with Crippen LogP contribution in [0.3, 0.4) is 0 Å². The smallest absolute Gasteiger partial charge is 0.236 e. The van der Waals surface area contributed by atoms with E-state index in [1.165, 1.54) is 18.2 Å². The summed E-state index contributed by atoms with van der Waals surface area (Å²) in [6.45, 7) is 0.0320. The molecule has 0 fully saturated rings. The van der Waals surface area contributed by atoms with Crippen molar-refractivity contribution in [2.45, 2.75) is 0 Å². The van der Waals surface area contributed by atoms with E-state index in [4.69, 9.17) is 5.73 Å². The van der Waals surface area contributed by atoms with Gasteiger partial charge >= 0.3 is 0 Å². The van der Waals surface area contributed by atoms with Crippen LogP contribution >= 0.6 is 15.9 Å². The Morgan fingerprint density at radius 1 is 1.62 bits per heavy atom. The molecule has 1 amide bonds. The highest BCUT2D eigenvalue weighted by atomic mass is 79.9. The molecule has 1 aromatic carbocycles. The molecule has 0 unspecified atom stereocenters. The second kappa shape index (κ2) is 4.23. The lowest BCUT2D eigenvalue weighted by Gasteiger charge is -2.05. The molecule has 0 saturated carbocycles. The van der Waals surface area contributed by atoms with E-state index < -0.39 is 5.91 Å². The molecule has 3 nitrogen and oxygen atoms in total. The van der Waals surface area contributed by atoms with Crippen LogP contribution in [-0.4, -0.2) is 12.5 Å². The summed E-state index contributed by atoms with van der Waals surface area (Å²) in [6.07, 6.45) is 0. The fourth-order valence-electron chi connectivity index (χ4n) is 0.815. The number of nitrogens with two attached hydrogens (primary N) is 1. The SMILES string of the molecule is NC(=O)CNc1ccc(F)cc1Br. The highest BCUT2D eigenvalue weighted by Crippen LogP contribution is 2.22. The standard InChI is InChI=1S/C8H8BrFN2O/c9-6-3-5(10)1-2-7(6)12-4-8(11)13/h1-3,12H,4H2,(H2,11,13). The molecule has 13 heavy (non-hydrogen) atoms. The zero-order valence-corrected chi connectivity index (χ0v) is 8.27. The Bertz CT molecular complexity index is 330. The molecule has 5 heteroatoms. The van der Waals surface area contributed by atoms with Gasteiger partial charge < -0.3 is 11.1 Å². The number of carbonyl (C=O) groups excluding carboxylic acids is 1. The van der Waals surface area contributed by atoms with Gasteiger partial charge in [0.05, 0.1) is 6.54 Å². The number of anilines is 1. The zero-order chi connectivity index (χ0) is 9.84. The molecule has 3 N–H and O–H groups in total. The van der Waals surface area contributed by atoms with Gasteiger partial charge in [-0.1, -0.05) is 0 Å². The van der Waals surface area contributed by atoms with E-state index in [1.54, 1.807) is 0 Å². The van der Waals surface area contributed by atoms with Crippen molar-refractivity contribution in [3.63, 3.8) is 0 Å². The number of hydrogen-bond donors (Lipinski definition) is 2. The topological polar surface area (TPSA) is 55.1 Å². The van der Waals surface area contributed by atoms with Crippen molar-refractivity contribution in [2.75, 3.05) is 11.9 Å². The van der Waals surface area contributed by atoms with Crippen LogP contribution in [0.2, 0.25) is 0 Å². The zero-order valence-electron chi connectivity index (χ0n) is 6.68. The number of halogens is 2. The fourth-order valence-corrected chi connectivity index (χ4v) is 1.31. The molecule has 1 aromatic rings. The van der Waals surface area contributed by atoms with Crippen molar-refractivity contribution in [3.8, 4) is 0 Å². The third-order valence-electron chi connectivity index (χ3n) is 1.38. The molecule has 0 aromatic heterocycles. The first-order valence-corrected chi connectivity index (χ1v) is 4.36. The van der Waals surface area contributed by atoms with Gasteiger partial charge in [0.15, 0.2) is 0 Å². The first kappa shape index (κ1) is 9.98. The quantitative estimate of drug-likeness (QED) is 0.850. The lowest BCUT2D eigenvalue weighted by atomic mass is 10.3. The van der Waals surface area contributed by atoms with Gasteiger partial charge in [-0.2, -0.15) is 0 Å². The van der Waals surface area contributed by atoms with Crippen LogP contribution < -0.4 is 11.1 Å². The van der Waals surface area contributed by atoms with E-state index in [9.17, 15) is 9.18 Å². The molecule has 0 bridgehead atoms. The highest BCUT2D eigenvalue weighted by Gasteiger charge is 2.01. The Balaban J connectivity index is 2.72. The van der Waals surface area contributed by atoms with Gasteiger partial charge in [-0.3, -0.25) is 4.79 Å². The summed E-state index contributed by atoms with van der Waals surface area (Å²) >= 11 is 3.14. The third-order valence-corrected chi connectivity index (χ3v) is 2.04. The average Bonchev–Trinajstić information content (AvgIpc) is 2.02. The van der Waals surface area contributed by atoms with Gasteiger partial charge in [0.25, 0.3) is 0 Å². The number of nitrogens with one attached hydrogen (secondary N) is 1. The Morgan fingerprint density at radius 2 is 2.31 bits per heavy atom. The predicted octanol–water partition coefficient (Wildman–Crippen LogP) is 1.49. The summed E-state index contributed by atoms with van der Waals surface area (Å²) in [5.74, 6) is -0.798. The summed E-state index contributed by atoms with van der Waals surface area (Å²) in [7, 11) is 0. The van der Waals surface area contributed by atoms with Crippen LogP contribution in [0.4, 0.5) is 10.1 Å². The lowest BCUT2D eigenvalue weighted by molar-refractivity contribution is -0.116. The summed E-state index contributed by atoms with van der Waals surface area (Å²) in [5, 5.41) is 2.75. The molecule has 0 aliphatic rings. The number of benzene rings is 1. The Hall–Kier alpha value is -1.10. The molecule has 0 aliphatic heterocycles. The van der Waals surface area contributed by atoms with Crippen LogP contribution in [-0.2, 0) is 4.79 Å². The minimum Gasteiger partial charge on any atom is -0.375 e. The van der Waals surface area contributed by atoms with E-state index >= 15 is 0 Å². The van der Waals surface area contributed by atoms with Crippen LogP contribution in [0, 0.1) is 5.82 Å². The monoisotopic (exact) mass is 246 g/mol. The summed E-state index contributed by atoms with van der Waals surface area (Å²) < 4.78 is 13.2. The first-order chi connectivity index (χ1) is 6.09. The van der Waals surface area contributed by atoms with Gasteiger partial charge in [0, 0.05) is 10.2 Å². The molecular formula is C8H8BrFN2O. The van der Waals surface area contributed by atoms with Gasteiger partial charge in [0.1, 0.15) is 5.82 Å². The molecular weight excluding hydrogens is 239 g/mol. The van der Waals surface area contributed by atoms with Crippen LogP contribution in [0.1, 0.15) is 0 Å². The van der Waals surface area contributed by atoms with Gasteiger partial charge in [-0.25, -0.2) is 4.39 Å². The lowest BCUT2D eigenvalue weighted by Crippen LogP contribution is -2.21. The predicted molar refractivity (Wildman–Crippen MR) is 51.8 cm³/mol. The minimum absolute atomic E-state index is 0.0320. The number of carbonyl (C=O) groups is 1. The number of amides is 1. The van der Waals surface area contributed by atoms with E-state index in [1.807, 2.05) is 0 Å². The minimum atomic E-state index is -0.462. The number of rotatable bonds is 3.